The van der Waals surface area contributed by atoms with E-state index in [1.807, 2.05) is 6.92 Å². The van der Waals surface area contributed by atoms with E-state index < -0.39 is 0 Å². The highest BCUT2D eigenvalue weighted by Crippen LogP contribution is 2.26. The molecular weight excluding hydrogens is 290 g/mol. The lowest BCUT2D eigenvalue weighted by atomic mass is 10.1. The Balaban J connectivity index is 2.67. The molecule has 0 saturated carbocycles. The SMILES string of the molecule is CCC(=O)Nc1ccc(Cl)c(NC(=O)CCC(C)CN)c1. The molecule has 1 aromatic carbocycles. The third-order valence-electron chi connectivity index (χ3n) is 3.11. The molecule has 1 unspecified atom stereocenters. The molecule has 2 amide bonds. The fourth-order valence-electron chi connectivity index (χ4n) is 1.66. The molecule has 0 fully saturated rings. The average Bonchev–Trinajstić information content (AvgIpc) is 2.47. The van der Waals surface area contributed by atoms with Crippen LogP contribution in [-0.2, 0) is 9.59 Å². The van der Waals surface area contributed by atoms with Crippen LogP contribution in [0, 0.1) is 5.92 Å². The van der Waals surface area contributed by atoms with E-state index in [0.29, 0.717) is 41.7 Å². The number of halogens is 1. The number of carbonyl (C=O) groups excluding carboxylic acids is 2. The van der Waals surface area contributed by atoms with Crippen molar-refractivity contribution in [2.24, 2.45) is 11.7 Å². The Hall–Kier alpha value is -1.59. The first-order valence-corrected chi connectivity index (χ1v) is 7.43. The summed E-state index contributed by atoms with van der Waals surface area (Å²) < 4.78 is 0. The third kappa shape index (κ3) is 6.14. The van der Waals surface area contributed by atoms with Crippen LogP contribution in [0.2, 0.25) is 5.02 Å². The van der Waals surface area contributed by atoms with Gasteiger partial charge < -0.3 is 16.4 Å². The Morgan fingerprint density at radius 2 is 2.00 bits per heavy atom. The topological polar surface area (TPSA) is 84.2 Å². The maximum atomic E-state index is 11.9. The van der Waals surface area contributed by atoms with Crippen LogP contribution >= 0.6 is 11.6 Å². The zero-order valence-corrected chi connectivity index (χ0v) is 13.2. The summed E-state index contributed by atoms with van der Waals surface area (Å²) in [5, 5.41) is 5.92. The summed E-state index contributed by atoms with van der Waals surface area (Å²) in [5.74, 6) is 0.101. The van der Waals surface area contributed by atoms with Gasteiger partial charge in [0.15, 0.2) is 0 Å². The summed E-state index contributed by atoms with van der Waals surface area (Å²) in [4.78, 5) is 23.2. The summed E-state index contributed by atoms with van der Waals surface area (Å²) in [6.45, 7) is 4.33. The van der Waals surface area contributed by atoms with Crippen LogP contribution in [0.3, 0.4) is 0 Å². The van der Waals surface area contributed by atoms with Crippen molar-refractivity contribution in [1.29, 1.82) is 0 Å². The van der Waals surface area contributed by atoms with Crippen LogP contribution in [0.1, 0.15) is 33.1 Å². The Morgan fingerprint density at radius 3 is 2.62 bits per heavy atom. The van der Waals surface area contributed by atoms with Crippen molar-refractivity contribution in [3.63, 3.8) is 0 Å². The zero-order chi connectivity index (χ0) is 15.8. The van der Waals surface area contributed by atoms with Gasteiger partial charge in [0.2, 0.25) is 11.8 Å². The molecule has 0 aliphatic heterocycles. The number of hydrogen-bond acceptors (Lipinski definition) is 3. The van der Waals surface area contributed by atoms with E-state index in [0.717, 1.165) is 6.42 Å². The summed E-state index contributed by atoms with van der Waals surface area (Å²) >= 11 is 6.05. The van der Waals surface area contributed by atoms with E-state index in [4.69, 9.17) is 17.3 Å². The van der Waals surface area contributed by atoms with Gasteiger partial charge in [-0.2, -0.15) is 0 Å². The Kier molecular flexibility index (Phi) is 7.19. The monoisotopic (exact) mass is 311 g/mol. The van der Waals surface area contributed by atoms with Crippen molar-refractivity contribution in [2.45, 2.75) is 33.1 Å². The van der Waals surface area contributed by atoms with Crippen LogP contribution in [0.4, 0.5) is 11.4 Å². The predicted octanol–water partition coefficient (Wildman–Crippen LogP) is 3.00. The third-order valence-corrected chi connectivity index (χ3v) is 3.44. The molecule has 0 aromatic heterocycles. The molecule has 6 heteroatoms. The average molecular weight is 312 g/mol. The first-order valence-electron chi connectivity index (χ1n) is 7.05. The lowest BCUT2D eigenvalue weighted by molar-refractivity contribution is -0.117. The quantitative estimate of drug-likeness (QED) is 0.723. The summed E-state index contributed by atoms with van der Waals surface area (Å²) in [6.07, 6.45) is 1.51. The Labute approximate surface area is 130 Å². The molecule has 0 aliphatic rings. The number of amides is 2. The highest BCUT2D eigenvalue weighted by molar-refractivity contribution is 6.33. The van der Waals surface area contributed by atoms with Crippen LogP contribution in [0.5, 0.6) is 0 Å². The second-order valence-corrected chi connectivity index (χ2v) is 5.43. The molecule has 0 bridgehead atoms. The van der Waals surface area contributed by atoms with Crippen molar-refractivity contribution in [3.8, 4) is 0 Å². The summed E-state index contributed by atoms with van der Waals surface area (Å²) in [5.41, 5.74) is 6.63. The zero-order valence-electron chi connectivity index (χ0n) is 12.4. The van der Waals surface area contributed by atoms with Crippen LogP contribution in [-0.4, -0.2) is 18.4 Å². The Bertz CT molecular complexity index is 506. The van der Waals surface area contributed by atoms with E-state index in [1.165, 1.54) is 0 Å². The standard InChI is InChI=1S/C15H22ClN3O2/c1-3-14(20)18-11-5-6-12(16)13(8-11)19-15(21)7-4-10(2)9-17/h5-6,8,10H,3-4,7,9,17H2,1-2H3,(H,18,20)(H,19,21). The molecule has 21 heavy (non-hydrogen) atoms. The molecule has 0 heterocycles. The second-order valence-electron chi connectivity index (χ2n) is 5.02. The van der Waals surface area contributed by atoms with Crippen molar-refractivity contribution >= 4 is 34.8 Å². The number of nitrogens with two attached hydrogens (primary N) is 1. The van der Waals surface area contributed by atoms with Gasteiger partial charge in [-0.3, -0.25) is 9.59 Å². The lowest BCUT2D eigenvalue weighted by Crippen LogP contribution is -2.17. The lowest BCUT2D eigenvalue weighted by Gasteiger charge is -2.11. The van der Waals surface area contributed by atoms with Gasteiger partial charge in [0.05, 0.1) is 10.7 Å². The molecule has 1 atom stereocenters. The number of hydrogen-bond donors (Lipinski definition) is 3. The maximum Gasteiger partial charge on any atom is 0.224 e. The largest absolute Gasteiger partial charge is 0.330 e. The van der Waals surface area contributed by atoms with Gasteiger partial charge in [-0.15, -0.1) is 0 Å². The highest BCUT2D eigenvalue weighted by atomic mass is 35.5. The van der Waals surface area contributed by atoms with Crippen molar-refractivity contribution in [3.05, 3.63) is 23.2 Å². The van der Waals surface area contributed by atoms with Crippen LogP contribution in [0.15, 0.2) is 18.2 Å². The first-order chi connectivity index (χ1) is 9.96. The number of nitrogens with one attached hydrogen (secondary N) is 2. The molecule has 4 N–H and O–H groups in total. The Morgan fingerprint density at radius 1 is 1.29 bits per heavy atom. The fraction of sp³-hybridized carbons (Fsp3) is 0.467. The van der Waals surface area contributed by atoms with Gasteiger partial charge in [0.1, 0.15) is 0 Å². The highest BCUT2D eigenvalue weighted by Gasteiger charge is 2.09. The summed E-state index contributed by atoms with van der Waals surface area (Å²) in [7, 11) is 0. The number of carbonyl (C=O) groups is 2. The van der Waals surface area contributed by atoms with Gasteiger partial charge in [-0.05, 0) is 37.1 Å². The minimum atomic E-state index is -0.115. The van der Waals surface area contributed by atoms with Crippen molar-refractivity contribution in [1.82, 2.24) is 0 Å². The van der Waals surface area contributed by atoms with Crippen molar-refractivity contribution in [2.75, 3.05) is 17.2 Å². The molecular formula is C15H22ClN3O2. The predicted molar refractivity (Wildman–Crippen MR) is 86.5 cm³/mol. The number of rotatable bonds is 7. The molecule has 1 rings (SSSR count). The molecule has 5 nitrogen and oxygen atoms in total. The van der Waals surface area contributed by atoms with E-state index in [9.17, 15) is 9.59 Å². The van der Waals surface area contributed by atoms with E-state index in [1.54, 1.807) is 25.1 Å². The van der Waals surface area contributed by atoms with Gasteiger partial charge in [0, 0.05) is 18.5 Å². The smallest absolute Gasteiger partial charge is 0.224 e. The molecule has 0 spiro atoms. The van der Waals surface area contributed by atoms with E-state index in [-0.39, 0.29) is 11.8 Å². The van der Waals surface area contributed by atoms with Crippen LogP contribution < -0.4 is 16.4 Å². The number of anilines is 2. The van der Waals surface area contributed by atoms with Gasteiger partial charge >= 0.3 is 0 Å². The van der Waals surface area contributed by atoms with Crippen molar-refractivity contribution < 1.29 is 9.59 Å². The molecule has 0 aliphatic carbocycles. The maximum absolute atomic E-state index is 11.9. The van der Waals surface area contributed by atoms with E-state index >= 15 is 0 Å². The van der Waals surface area contributed by atoms with Gasteiger partial charge in [0.25, 0.3) is 0 Å². The molecule has 0 radical (unpaired) electrons. The number of benzene rings is 1. The fourth-order valence-corrected chi connectivity index (χ4v) is 1.82. The normalized spacial score (nSPS) is 11.8. The summed E-state index contributed by atoms with van der Waals surface area (Å²) in [6, 6.07) is 4.99. The van der Waals surface area contributed by atoms with Gasteiger partial charge in [-0.1, -0.05) is 25.4 Å². The second kappa shape index (κ2) is 8.64. The molecule has 0 saturated heterocycles. The molecule has 116 valence electrons. The first kappa shape index (κ1) is 17.5. The van der Waals surface area contributed by atoms with Crippen LogP contribution in [0.25, 0.3) is 0 Å². The minimum absolute atomic E-state index is 0.0913. The minimum Gasteiger partial charge on any atom is -0.330 e. The molecule has 1 aromatic rings. The van der Waals surface area contributed by atoms with Gasteiger partial charge in [-0.25, -0.2) is 0 Å². The van der Waals surface area contributed by atoms with E-state index in [2.05, 4.69) is 10.6 Å².